The molecule has 4 rings (SSSR count). The first-order valence-corrected chi connectivity index (χ1v) is 11.4. The van der Waals surface area contributed by atoms with E-state index in [4.69, 9.17) is 9.47 Å². The van der Waals surface area contributed by atoms with E-state index in [0.29, 0.717) is 35.2 Å². The molecule has 166 valence electrons. The maximum absolute atomic E-state index is 13.4. The fraction of sp³-hybridized carbons (Fsp3) is 0.320. The molecule has 0 saturated heterocycles. The average Bonchev–Trinajstić information content (AvgIpc) is 3.33. The zero-order chi connectivity index (χ0) is 22.8. The molecular formula is C25H25NO5S. The van der Waals surface area contributed by atoms with Gasteiger partial charge in [-0.1, -0.05) is 18.2 Å². The van der Waals surface area contributed by atoms with Crippen LogP contribution in [0, 0.1) is 0 Å². The second-order valence-electron chi connectivity index (χ2n) is 7.87. The zero-order valence-corrected chi connectivity index (χ0v) is 19.1. The minimum Gasteiger partial charge on any atom is -0.465 e. The van der Waals surface area contributed by atoms with Crippen LogP contribution in [-0.4, -0.2) is 31.4 Å². The van der Waals surface area contributed by atoms with E-state index in [1.807, 2.05) is 18.4 Å². The highest BCUT2D eigenvalue weighted by Crippen LogP contribution is 2.46. The van der Waals surface area contributed by atoms with Crippen LogP contribution in [0.1, 0.15) is 59.3 Å². The minimum atomic E-state index is -0.547. The molecule has 2 unspecified atom stereocenters. The monoisotopic (exact) mass is 451 g/mol. The molecule has 2 atom stereocenters. The van der Waals surface area contributed by atoms with Gasteiger partial charge in [0.05, 0.1) is 24.9 Å². The summed E-state index contributed by atoms with van der Waals surface area (Å²) in [6.45, 7) is 3.83. The molecule has 1 aliphatic heterocycles. The molecule has 0 amide bonds. The SMILES string of the molecule is CCOC(=O)C1=C(C)NC2=C(C(=O)CC(c3cccs3)C2)C1c1ccc(C(=O)OC)cc1. The first-order valence-electron chi connectivity index (χ1n) is 10.6. The number of hydrogen-bond donors (Lipinski definition) is 1. The van der Waals surface area contributed by atoms with E-state index in [-0.39, 0.29) is 18.3 Å². The lowest BCUT2D eigenvalue weighted by molar-refractivity contribution is -0.138. The number of allylic oxidation sites excluding steroid dienone is 3. The van der Waals surface area contributed by atoms with Gasteiger partial charge >= 0.3 is 11.9 Å². The second-order valence-corrected chi connectivity index (χ2v) is 8.85. The Kier molecular flexibility index (Phi) is 6.28. The van der Waals surface area contributed by atoms with Crippen LogP contribution in [0.5, 0.6) is 0 Å². The van der Waals surface area contributed by atoms with Crippen molar-refractivity contribution in [3.8, 4) is 0 Å². The highest BCUT2D eigenvalue weighted by atomic mass is 32.1. The number of esters is 2. The van der Waals surface area contributed by atoms with E-state index in [0.717, 1.165) is 11.3 Å². The molecule has 0 bridgehead atoms. The molecule has 1 aromatic carbocycles. The molecule has 1 aliphatic carbocycles. The van der Waals surface area contributed by atoms with Crippen molar-refractivity contribution >= 4 is 29.1 Å². The van der Waals surface area contributed by atoms with Gasteiger partial charge in [-0.05, 0) is 49.4 Å². The summed E-state index contributed by atoms with van der Waals surface area (Å²) < 4.78 is 10.1. The normalized spacial score (nSPS) is 20.5. The van der Waals surface area contributed by atoms with E-state index in [2.05, 4.69) is 11.4 Å². The van der Waals surface area contributed by atoms with Crippen molar-refractivity contribution in [3.63, 3.8) is 0 Å². The van der Waals surface area contributed by atoms with Gasteiger partial charge < -0.3 is 14.8 Å². The Balaban J connectivity index is 1.79. The van der Waals surface area contributed by atoms with Gasteiger partial charge in [-0.3, -0.25) is 4.79 Å². The summed E-state index contributed by atoms with van der Waals surface area (Å²) in [7, 11) is 1.33. The van der Waals surface area contributed by atoms with E-state index in [9.17, 15) is 14.4 Å². The molecule has 2 aromatic rings. The van der Waals surface area contributed by atoms with Gasteiger partial charge in [-0.2, -0.15) is 0 Å². The van der Waals surface area contributed by atoms with Crippen LogP contribution >= 0.6 is 11.3 Å². The Hall–Kier alpha value is -3.19. The third-order valence-electron chi connectivity index (χ3n) is 5.93. The van der Waals surface area contributed by atoms with E-state index >= 15 is 0 Å². The van der Waals surface area contributed by atoms with Crippen molar-refractivity contribution in [2.24, 2.45) is 0 Å². The molecule has 7 heteroatoms. The average molecular weight is 452 g/mol. The van der Waals surface area contributed by atoms with Gasteiger partial charge in [0.15, 0.2) is 5.78 Å². The van der Waals surface area contributed by atoms with Crippen molar-refractivity contribution in [1.82, 2.24) is 5.32 Å². The van der Waals surface area contributed by atoms with Gasteiger partial charge in [0.2, 0.25) is 0 Å². The fourth-order valence-electron chi connectivity index (χ4n) is 4.51. The summed E-state index contributed by atoms with van der Waals surface area (Å²) in [5.74, 6) is -1.29. The number of carbonyl (C=O) groups excluding carboxylic acids is 3. The molecule has 32 heavy (non-hydrogen) atoms. The number of methoxy groups -OCH3 is 1. The van der Waals surface area contributed by atoms with Gasteiger partial charge in [0.25, 0.3) is 0 Å². The number of ether oxygens (including phenoxy) is 2. The van der Waals surface area contributed by atoms with E-state index in [1.165, 1.54) is 12.0 Å². The number of thiophene rings is 1. The molecule has 2 aliphatic rings. The van der Waals surface area contributed by atoms with Gasteiger partial charge in [-0.25, -0.2) is 9.59 Å². The highest BCUT2D eigenvalue weighted by molar-refractivity contribution is 7.10. The fourth-order valence-corrected chi connectivity index (χ4v) is 5.34. The summed E-state index contributed by atoms with van der Waals surface area (Å²) in [6.07, 6.45) is 1.10. The lowest BCUT2D eigenvalue weighted by Crippen LogP contribution is -2.36. The predicted molar refractivity (Wildman–Crippen MR) is 121 cm³/mol. The molecule has 6 nitrogen and oxygen atoms in total. The molecule has 0 fully saturated rings. The molecule has 0 saturated carbocycles. The van der Waals surface area contributed by atoms with Crippen molar-refractivity contribution in [3.05, 3.63) is 80.3 Å². The van der Waals surface area contributed by atoms with Crippen LogP contribution < -0.4 is 5.32 Å². The maximum Gasteiger partial charge on any atom is 0.337 e. The molecule has 2 heterocycles. The molecular weight excluding hydrogens is 426 g/mol. The number of hydrogen-bond acceptors (Lipinski definition) is 7. The quantitative estimate of drug-likeness (QED) is 0.676. The number of carbonyl (C=O) groups is 3. The second kappa shape index (κ2) is 9.12. The highest BCUT2D eigenvalue weighted by Gasteiger charge is 2.41. The van der Waals surface area contributed by atoms with E-state index < -0.39 is 17.9 Å². The van der Waals surface area contributed by atoms with Crippen LogP contribution in [0.2, 0.25) is 0 Å². The van der Waals surface area contributed by atoms with Crippen LogP contribution in [0.3, 0.4) is 0 Å². The largest absolute Gasteiger partial charge is 0.465 e. The van der Waals surface area contributed by atoms with Crippen LogP contribution in [0.4, 0.5) is 0 Å². The van der Waals surface area contributed by atoms with Crippen molar-refractivity contribution in [2.45, 2.75) is 38.5 Å². The third-order valence-corrected chi connectivity index (χ3v) is 6.97. The lowest BCUT2D eigenvalue weighted by atomic mass is 9.72. The number of rotatable bonds is 5. The van der Waals surface area contributed by atoms with Crippen molar-refractivity contribution in [1.29, 1.82) is 0 Å². The predicted octanol–water partition coefficient (Wildman–Crippen LogP) is 4.46. The summed E-state index contributed by atoms with van der Waals surface area (Å²) in [4.78, 5) is 39.4. The number of nitrogens with one attached hydrogen (secondary N) is 1. The number of benzene rings is 1. The van der Waals surface area contributed by atoms with Crippen molar-refractivity contribution < 1.29 is 23.9 Å². The smallest absolute Gasteiger partial charge is 0.337 e. The van der Waals surface area contributed by atoms with Crippen LogP contribution in [0.15, 0.2) is 64.3 Å². The standard InChI is InChI=1S/C25H25NO5S/c1-4-31-25(29)21-14(2)26-18-12-17(20-6-5-11-32-20)13-19(27)23(18)22(21)15-7-9-16(10-8-15)24(28)30-3/h5-11,17,22,26H,4,12-13H2,1-3H3. The Morgan fingerprint density at radius 3 is 2.50 bits per heavy atom. The van der Waals surface area contributed by atoms with Gasteiger partial charge in [-0.15, -0.1) is 11.3 Å². The Morgan fingerprint density at radius 1 is 1.12 bits per heavy atom. The maximum atomic E-state index is 13.4. The van der Waals surface area contributed by atoms with Crippen LogP contribution in [0.25, 0.3) is 0 Å². The molecule has 1 aromatic heterocycles. The molecule has 1 N–H and O–H groups in total. The lowest BCUT2D eigenvalue weighted by Gasteiger charge is -2.36. The summed E-state index contributed by atoms with van der Waals surface area (Å²) in [5.41, 5.74) is 3.75. The molecule has 0 spiro atoms. The summed E-state index contributed by atoms with van der Waals surface area (Å²) >= 11 is 1.65. The van der Waals surface area contributed by atoms with Gasteiger partial charge in [0, 0.05) is 40.1 Å². The first kappa shape index (κ1) is 22.0. The van der Waals surface area contributed by atoms with Crippen molar-refractivity contribution in [2.75, 3.05) is 13.7 Å². The van der Waals surface area contributed by atoms with E-state index in [1.54, 1.807) is 42.5 Å². The molecule has 0 radical (unpaired) electrons. The van der Waals surface area contributed by atoms with Crippen LogP contribution in [-0.2, 0) is 19.1 Å². The minimum absolute atomic E-state index is 0.0218. The number of Topliss-reactive ketones (excluding diaryl/α,β-unsaturated/α-hetero) is 1. The third kappa shape index (κ3) is 4.00. The Labute approximate surface area is 190 Å². The Morgan fingerprint density at radius 2 is 1.88 bits per heavy atom. The van der Waals surface area contributed by atoms with Gasteiger partial charge in [0.1, 0.15) is 0 Å². The zero-order valence-electron chi connectivity index (χ0n) is 18.3. The number of ketones is 1. The summed E-state index contributed by atoms with van der Waals surface area (Å²) in [5, 5.41) is 5.36. The number of dihydropyridines is 1. The Bertz CT molecular complexity index is 1110. The first-order chi connectivity index (χ1) is 15.4. The topological polar surface area (TPSA) is 81.7 Å². The summed E-state index contributed by atoms with van der Waals surface area (Å²) in [6, 6.07) is 10.9.